The minimum atomic E-state index is -0.299. The maximum atomic E-state index is 11.2. The average Bonchev–Trinajstić information content (AvgIpc) is 2.68. The lowest BCUT2D eigenvalue weighted by molar-refractivity contribution is 0.131. The van der Waals surface area contributed by atoms with Crippen molar-refractivity contribution in [3.63, 3.8) is 0 Å². The zero-order chi connectivity index (χ0) is 10.6. The van der Waals surface area contributed by atoms with Crippen molar-refractivity contribution in [3.8, 4) is 0 Å². The average molecular weight is 203 g/mol. The zero-order valence-electron chi connectivity index (χ0n) is 8.78. The van der Waals surface area contributed by atoms with Crippen LogP contribution in [0.3, 0.4) is 0 Å². The molecule has 1 N–H and O–H groups in total. The van der Waals surface area contributed by atoms with Gasteiger partial charge in [-0.25, -0.2) is 4.79 Å². The van der Waals surface area contributed by atoms with E-state index < -0.39 is 0 Å². The first-order valence-corrected chi connectivity index (χ1v) is 5.17. The number of benzene rings is 1. The van der Waals surface area contributed by atoms with E-state index in [9.17, 15) is 4.79 Å². The van der Waals surface area contributed by atoms with Crippen molar-refractivity contribution in [1.82, 2.24) is 5.32 Å². The Bertz CT molecular complexity index is 439. The second-order valence-corrected chi connectivity index (χ2v) is 4.76. The summed E-state index contributed by atoms with van der Waals surface area (Å²) < 4.78 is 5.30. The molecule has 1 aromatic carbocycles. The molecular weight excluding hydrogens is 190 g/mol. The number of hydrogen-bond acceptors (Lipinski definition) is 2. The number of ether oxygens (including phenoxy) is 1. The van der Waals surface area contributed by atoms with E-state index in [0.29, 0.717) is 0 Å². The van der Waals surface area contributed by atoms with E-state index in [1.165, 1.54) is 5.56 Å². The molecule has 2 aliphatic rings. The maximum Gasteiger partial charge on any atom is 0.408 e. The molecule has 78 valence electrons. The van der Waals surface area contributed by atoms with Crippen LogP contribution < -0.4 is 5.32 Å². The quantitative estimate of drug-likeness (QED) is 0.701. The third kappa shape index (κ3) is 0.978. The topological polar surface area (TPSA) is 38.3 Å². The van der Waals surface area contributed by atoms with Crippen molar-refractivity contribution in [3.05, 3.63) is 35.4 Å². The first-order chi connectivity index (χ1) is 7.10. The van der Waals surface area contributed by atoms with Crippen LogP contribution in [0.15, 0.2) is 24.3 Å². The summed E-state index contributed by atoms with van der Waals surface area (Å²) in [5.74, 6) is 0. The largest absolute Gasteiger partial charge is 0.439 e. The number of hydrogen-bond donors (Lipinski definition) is 1. The Morgan fingerprint density at radius 1 is 1.33 bits per heavy atom. The Morgan fingerprint density at radius 3 is 2.87 bits per heavy atom. The van der Waals surface area contributed by atoms with Crippen LogP contribution >= 0.6 is 0 Å². The maximum absolute atomic E-state index is 11.2. The summed E-state index contributed by atoms with van der Waals surface area (Å²) >= 11 is 0. The molecule has 3 rings (SSSR count). The zero-order valence-corrected chi connectivity index (χ0v) is 8.78. The van der Waals surface area contributed by atoms with Crippen LogP contribution in [0.1, 0.15) is 31.1 Å². The summed E-state index contributed by atoms with van der Waals surface area (Å²) in [7, 11) is 0. The molecular formula is C12H13NO2. The van der Waals surface area contributed by atoms with Gasteiger partial charge in [-0.3, -0.25) is 0 Å². The van der Waals surface area contributed by atoms with Gasteiger partial charge < -0.3 is 10.1 Å². The SMILES string of the molecule is CC1(C)c2ccccc2[C@H]2OC(=O)N[C@H]21. The third-order valence-corrected chi connectivity index (χ3v) is 3.55. The van der Waals surface area contributed by atoms with Gasteiger partial charge in [-0.2, -0.15) is 0 Å². The lowest BCUT2D eigenvalue weighted by atomic mass is 9.83. The molecule has 0 aromatic heterocycles. The van der Waals surface area contributed by atoms with Gasteiger partial charge in [-0.05, 0) is 11.1 Å². The summed E-state index contributed by atoms with van der Waals surface area (Å²) in [6, 6.07) is 8.25. The number of carbonyl (C=O) groups excluding carboxylic acids is 1. The van der Waals surface area contributed by atoms with E-state index in [4.69, 9.17) is 4.74 Å². The van der Waals surface area contributed by atoms with Crippen LogP contribution in [0.4, 0.5) is 4.79 Å². The van der Waals surface area contributed by atoms with Gasteiger partial charge in [-0.1, -0.05) is 38.1 Å². The van der Waals surface area contributed by atoms with E-state index in [1.807, 2.05) is 18.2 Å². The van der Waals surface area contributed by atoms with Crippen LogP contribution in [0.25, 0.3) is 0 Å². The number of nitrogens with one attached hydrogen (secondary N) is 1. The summed E-state index contributed by atoms with van der Waals surface area (Å²) in [5, 5.41) is 2.89. The molecule has 3 heteroatoms. The monoisotopic (exact) mass is 203 g/mol. The molecule has 0 saturated carbocycles. The van der Waals surface area contributed by atoms with Crippen molar-refractivity contribution >= 4 is 6.09 Å². The van der Waals surface area contributed by atoms with E-state index in [-0.39, 0.29) is 23.7 Å². The lowest BCUT2D eigenvalue weighted by Crippen LogP contribution is -2.40. The highest BCUT2D eigenvalue weighted by Crippen LogP contribution is 2.48. The second-order valence-electron chi connectivity index (χ2n) is 4.76. The van der Waals surface area contributed by atoms with E-state index in [0.717, 1.165) is 5.56 Å². The molecule has 1 aromatic rings. The molecule has 2 atom stereocenters. The Labute approximate surface area is 88.4 Å². The minimum Gasteiger partial charge on any atom is -0.439 e. The standard InChI is InChI=1S/C12H13NO2/c1-12(2)8-6-4-3-5-7(8)9-10(12)13-11(14)15-9/h3-6,9-10H,1-2H3,(H,13,14)/t9-,10-/m1/s1. The Morgan fingerprint density at radius 2 is 2.07 bits per heavy atom. The summed E-state index contributed by atoms with van der Waals surface area (Å²) in [6.07, 6.45) is -0.406. The first kappa shape index (κ1) is 8.77. The van der Waals surface area contributed by atoms with Gasteiger partial charge in [0.1, 0.15) is 0 Å². The molecule has 1 aliphatic heterocycles. The molecule has 0 radical (unpaired) electrons. The number of fused-ring (bicyclic) bond motifs is 3. The smallest absolute Gasteiger partial charge is 0.408 e. The molecule has 0 bridgehead atoms. The molecule has 1 aliphatic carbocycles. The Hall–Kier alpha value is -1.51. The van der Waals surface area contributed by atoms with Crippen LogP contribution in [0.5, 0.6) is 0 Å². The summed E-state index contributed by atoms with van der Waals surface area (Å²) in [4.78, 5) is 11.2. The highest BCUT2D eigenvalue weighted by molar-refractivity contribution is 5.72. The van der Waals surface area contributed by atoms with Gasteiger partial charge in [0.15, 0.2) is 6.10 Å². The molecule has 1 amide bonds. The Kier molecular flexibility index (Phi) is 1.48. The predicted octanol–water partition coefficient (Wildman–Crippen LogP) is 2.13. The third-order valence-electron chi connectivity index (χ3n) is 3.55. The van der Waals surface area contributed by atoms with Crippen molar-refractivity contribution in [1.29, 1.82) is 0 Å². The van der Waals surface area contributed by atoms with E-state index in [2.05, 4.69) is 25.2 Å². The van der Waals surface area contributed by atoms with Gasteiger partial charge in [0.25, 0.3) is 0 Å². The number of alkyl carbamates (subject to hydrolysis) is 1. The molecule has 3 nitrogen and oxygen atoms in total. The molecule has 1 heterocycles. The number of amides is 1. The highest BCUT2D eigenvalue weighted by Gasteiger charge is 2.52. The van der Waals surface area contributed by atoms with Crippen LogP contribution in [0, 0.1) is 0 Å². The fourth-order valence-electron chi connectivity index (χ4n) is 2.72. The van der Waals surface area contributed by atoms with Gasteiger partial charge in [0, 0.05) is 5.41 Å². The first-order valence-electron chi connectivity index (χ1n) is 5.17. The van der Waals surface area contributed by atoms with Gasteiger partial charge >= 0.3 is 6.09 Å². The van der Waals surface area contributed by atoms with Gasteiger partial charge in [-0.15, -0.1) is 0 Å². The molecule has 1 saturated heterocycles. The Balaban J connectivity index is 2.18. The van der Waals surface area contributed by atoms with Crippen LogP contribution in [-0.2, 0) is 10.2 Å². The van der Waals surface area contributed by atoms with Crippen molar-refractivity contribution < 1.29 is 9.53 Å². The van der Waals surface area contributed by atoms with Gasteiger partial charge in [0.2, 0.25) is 0 Å². The highest BCUT2D eigenvalue weighted by atomic mass is 16.6. The molecule has 0 spiro atoms. The fourth-order valence-corrected chi connectivity index (χ4v) is 2.72. The molecule has 0 unspecified atom stereocenters. The normalized spacial score (nSPS) is 30.4. The van der Waals surface area contributed by atoms with E-state index in [1.54, 1.807) is 0 Å². The van der Waals surface area contributed by atoms with Crippen molar-refractivity contribution in [2.45, 2.75) is 31.4 Å². The van der Waals surface area contributed by atoms with E-state index >= 15 is 0 Å². The summed E-state index contributed by atoms with van der Waals surface area (Å²) in [5.41, 5.74) is 2.37. The van der Waals surface area contributed by atoms with Crippen molar-refractivity contribution in [2.75, 3.05) is 0 Å². The molecule has 15 heavy (non-hydrogen) atoms. The second kappa shape index (κ2) is 2.54. The number of carbonyl (C=O) groups is 1. The van der Waals surface area contributed by atoms with Crippen LogP contribution in [-0.4, -0.2) is 12.1 Å². The fraction of sp³-hybridized carbons (Fsp3) is 0.417. The molecule has 1 fully saturated rings. The number of rotatable bonds is 0. The van der Waals surface area contributed by atoms with Crippen LogP contribution in [0.2, 0.25) is 0 Å². The van der Waals surface area contributed by atoms with Crippen molar-refractivity contribution in [2.24, 2.45) is 0 Å². The minimum absolute atomic E-state index is 0.0482. The predicted molar refractivity (Wildman–Crippen MR) is 55.6 cm³/mol. The van der Waals surface area contributed by atoms with Gasteiger partial charge in [0.05, 0.1) is 6.04 Å². The summed E-state index contributed by atoms with van der Waals surface area (Å²) in [6.45, 7) is 4.29. The lowest BCUT2D eigenvalue weighted by Gasteiger charge is -2.25.